The second kappa shape index (κ2) is 7.61. The van der Waals surface area contributed by atoms with E-state index in [1.165, 1.54) is 6.20 Å². The summed E-state index contributed by atoms with van der Waals surface area (Å²) in [5.41, 5.74) is 2.38. The van der Waals surface area contributed by atoms with Crippen LogP contribution in [0.1, 0.15) is 63.0 Å². The highest BCUT2D eigenvalue weighted by molar-refractivity contribution is 6.06. The van der Waals surface area contributed by atoms with E-state index in [4.69, 9.17) is 10.7 Å². The molecule has 30 heavy (non-hydrogen) atoms. The highest BCUT2D eigenvalue weighted by Crippen LogP contribution is 2.40. The van der Waals surface area contributed by atoms with Crippen LogP contribution in [0.25, 0.3) is 10.9 Å². The number of aromatic amines is 1. The minimum Gasteiger partial charge on any atom is -0.411 e. The average molecular weight is 408 g/mol. The van der Waals surface area contributed by atoms with E-state index in [1.54, 1.807) is 24.3 Å². The third kappa shape index (κ3) is 4.09. The Morgan fingerprint density at radius 3 is 2.23 bits per heavy atom. The first-order valence-corrected chi connectivity index (χ1v) is 9.91. The van der Waals surface area contributed by atoms with Crippen molar-refractivity contribution in [3.05, 3.63) is 69.5 Å². The molecule has 0 aliphatic heterocycles. The molecule has 0 radical (unpaired) electrons. The molecular formula is C24H29N3O3. The number of para-hydroxylation sites is 1. The summed E-state index contributed by atoms with van der Waals surface area (Å²) in [4.78, 5) is 34.0. The van der Waals surface area contributed by atoms with E-state index < -0.39 is 5.91 Å². The van der Waals surface area contributed by atoms with Crippen LogP contribution in [0.5, 0.6) is 5.75 Å². The molecule has 0 bridgehead atoms. The van der Waals surface area contributed by atoms with E-state index in [1.807, 2.05) is 12.1 Å². The molecular weight excluding hydrogens is 378 g/mol. The van der Waals surface area contributed by atoms with Gasteiger partial charge in [0, 0.05) is 34.4 Å². The van der Waals surface area contributed by atoms with Gasteiger partial charge in [-0.05, 0) is 34.6 Å². The lowest BCUT2D eigenvalue weighted by atomic mass is 9.79. The highest BCUT2D eigenvalue weighted by atomic mass is 16.6. The standard InChI is InChI=1S/C24H29N3O3/c1-23(2,3)16-11-17(24(4,5)6)20(30-25)12-19(16)27-22(29)15-13-26-18-10-8-7-9-14(18)21(15)28/h7-13H,25H2,1-6H3,(H,26,28)(H,27,29). The van der Waals surface area contributed by atoms with Gasteiger partial charge in [-0.25, -0.2) is 0 Å². The number of amides is 1. The topological polar surface area (TPSA) is 97.2 Å². The van der Waals surface area contributed by atoms with Crippen molar-refractivity contribution in [3.63, 3.8) is 0 Å². The number of benzene rings is 2. The lowest BCUT2D eigenvalue weighted by molar-refractivity contribution is 0.102. The average Bonchev–Trinajstić information content (AvgIpc) is 2.66. The van der Waals surface area contributed by atoms with Crippen LogP contribution in [0.15, 0.2) is 47.4 Å². The van der Waals surface area contributed by atoms with Crippen LogP contribution in [0.3, 0.4) is 0 Å². The zero-order valence-corrected chi connectivity index (χ0v) is 18.3. The molecule has 0 spiro atoms. The molecule has 0 fully saturated rings. The van der Waals surface area contributed by atoms with Crippen LogP contribution < -0.4 is 21.5 Å². The van der Waals surface area contributed by atoms with Crippen LogP contribution in [-0.2, 0) is 10.8 Å². The van der Waals surface area contributed by atoms with E-state index in [9.17, 15) is 9.59 Å². The Bertz CT molecular complexity index is 1170. The van der Waals surface area contributed by atoms with Crippen LogP contribution in [0, 0.1) is 0 Å². The molecule has 4 N–H and O–H groups in total. The van der Waals surface area contributed by atoms with E-state index >= 15 is 0 Å². The smallest absolute Gasteiger partial charge is 0.261 e. The summed E-state index contributed by atoms with van der Waals surface area (Å²) >= 11 is 0. The minimum atomic E-state index is -0.487. The van der Waals surface area contributed by atoms with Crippen LogP contribution in [0.4, 0.5) is 5.69 Å². The maximum Gasteiger partial charge on any atom is 0.261 e. The number of carbonyl (C=O) groups excluding carboxylic acids is 1. The van der Waals surface area contributed by atoms with Crippen LogP contribution in [-0.4, -0.2) is 10.9 Å². The number of fused-ring (bicyclic) bond motifs is 1. The number of anilines is 1. The largest absolute Gasteiger partial charge is 0.411 e. The third-order valence-corrected chi connectivity index (χ3v) is 5.14. The van der Waals surface area contributed by atoms with Crippen molar-refractivity contribution >= 4 is 22.5 Å². The molecule has 2 aromatic carbocycles. The second-order valence-electron chi connectivity index (χ2n) is 9.54. The van der Waals surface area contributed by atoms with Crippen LogP contribution >= 0.6 is 0 Å². The molecule has 1 heterocycles. The number of aromatic nitrogens is 1. The van der Waals surface area contributed by atoms with Crippen molar-refractivity contribution in [2.45, 2.75) is 52.4 Å². The Kier molecular flexibility index (Phi) is 5.48. The molecule has 0 aliphatic rings. The lowest BCUT2D eigenvalue weighted by Gasteiger charge is -2.29. The minimum absolute atomic E-state index is 0.0451. The Labute approximate surface area is 176 Å². The summed E-state index contributed by atoms with van der Waals surface area (Å²) < 4.78 is 0. The SMILES string of the molecule is CC(C)(C)c1cc(C(C)(C)C)c(ON)cc1NC(=O)c1c[nH]c2ccccc2c1=O. The summed E-state index contributed by atoms with van der Waals surface area (Å²) in [7, 11) is 0. The number of H-pyrrole nitrogens is 1. The lowest BCUT2D eigenvalue weighted by Crippen LogP contribution is -2.25. The Hall–Kier alpha value is -3.12. The van der Waals surface area contributed by atoms with E-state index in [0.717, 1.165) is 11.1 Å². The van der Waals surface area contributed by atoms with E-state index in [-0.39, 0.29) is 21.8 Å². The third-order valence-electron chi connectivity index (χ3n) is 5.14. The maximum absolute atomic E-state index is 13.0. The summed E-state index contributed by atoms with van der Waals surface area (Å²) in [6.07, 6.45) is 1.45. The van der Waals surface area contributed by atoms with Crippen molar-refractivity contribution in [2.75, 3.05) is 5.32 Å². The highest BCUT2D eigenvalue weighted by Gasteiger charge is 2.27. The molecule has 6 nitrogen and oxygen atoms in total. The van der Waals surface area contributed by atoms with Gasteiger partial charge in [0.1, 0.15) is 5.56 Å². The molecule has 1 aromatic heterocycles. The number of rotatable bonds is 3. The van der Waals surface area contributed by atoms with Crippen molar-refractivity contribution in [1.29, 1.82) is 0 Å². The maximum atomic E-state index is 13.0. The summed E-state index contributed by atoms with van der Waals surface area (Å²) in [5, 5.41) is 3.37. The Morgan fingerprint density at radius 1 is 1.00 bits per heavy atom. The molecule has 1 amide bonds. The molecule has 158 valence electrons. The fraction of sp³-hybridized carbons (Fsp3) is 0.333. The molecule has 0 unspecified atom stereocenters. The number of hydrogen-bond acceptors (Lipinski definition) is 4. The number of pyridine rings is 1. The van der Waals surface area contributed by atoms with Crippen molar-refractivity contribution in [2.24, 2.45) is 5.90 Å². The fourth-order valence-corrected chi connectivity index (χ4v) is 3.51. The van der Waals surface area contributed by atoms with Gasteiger partial charge in [-0.3, -0.25) is 9.59 Å². The number of hydrogen-bond donors (Lipinski definition) is 3. The molecule has 3 rings (SSSR count). The number of nitrogens with two attached hydrogens (primary N) is 1. The van der Waals surface area contributed by atoms with Gasteiger partial charge in [-0.1, -0.05) is 53.7 Å². The number of carbonyl (C=O) groups is 1. The van der Waals surface area contributed by atoms with Crippen LogP contribution in [0.2, 0.25) is 0 Å². The zero-order chi connectivity index (χ0) is 22.3. The van der Waals surface area contributed by atoms with E-state index in [2.05, 4.69) is 51.8 Å². The van der Waals surface area contributed by atoms with Crippen molar-refractivity contribution in [1.82, 2.24) is 4.98 Å². The summed E-state index contributed by atoms with van der Waals surface area (Å²) in [6.45, 7) is 12.4. The Balaban J connectivity index is 2.11. The molecule has 0 saturated heterocycles. The summed E-state index contributed by atoms with van der Waals surface area (Å²) in [5.74, 6) is 5.53. The number of nitrogens with one attached hydrogen (secondary N) is 2. The summed E-state index contributed by atoms with van der Waals surface area (Å²) in [6, 6.07) is 10.8. The van der Waals surface area contributed by atoms with Gasteiger partial charge in [0.15, 0.2) is 5.75 Å². The normalized spacial score (nSPS) is 12.1. The van der Waals surface area contributed by atoms with E-state index in [0.29, 0.717) is 22.3 Å². The van der Waals surface area contributed by atoms with Gasteiger partial charge < -0.3 is 15.1 Å². The molecule has 3 aromatic rings. The quantitative estimate of drug-likeness (QED) is 0.552. The van der Waals surface area contributed by atoms with Crippen molar-refractivity contribution in [3.8, 4) is 5.75 Å². The fourth-order valence-electron chi connectivity index (χ4n) is 3.51. The Morgan fingerprint density at radius 2 is 1.63 bits per heavy atom. The first-order chi connectivity index (χ1) is 13.9. The first-order valence-electron chi connectivity index (χ1n) is 9.91. The van der Waals surface area contributed by atoms with Gasteiger partial charge in [-0.15, -0.1) is 0 Å². The van der Waals surface area contributed by atoms with Crippen molar-refractivity contribution < 1.29 is 9.63 Å². The predicted molar refractivity (Wildman–Crippen MR) is 121 cm³/mol. The monoisotopic (exact) mass is 407 g/mol. The van der Waals surface area contributed by atoms with Gasteiger partial charge in [0.25, 0.3) is 5.91 Å². The van der Waals surface area contributed by atoms with Gasteiger partial charge >= 0.3 is 0 Å². The first kappa shape index (κ1) is 21.6. The van der Waals surface area contributed by atoms with Gasteiger partial charge in [0.05, 0.1) is 0 Å². The van der Waals surface area contributed by atoms with Gasteiger partial charge in [-0.2, -0.15) is 5.90 Å². The predicted octanol–water partition coefficient (Wildman–Crippen LogP) is 4.63. The zero-order valence-electron chi connectivity index (χ0n) is 18.3. The molecule has 0 saturated carbocycles. The molecule has 0 aliphatic carbocycles. The molecule has 6 heteroatoms. The van der Waals surface area contributed by atoms with Gasteiger partial charge in [0.2, 0.25) is 5.43 Å². The molecule has 0 atom stereocenters. The second-order valence-corrected chi connectivity index (χ2v) is 9.54.